The van der Waals surface area contributed by atoms with Gasteiger partial charge in [0.25, 0.3) is 0 Å². The molecule has 0 unspecified atom stereocenters. The molecular weight excluding hydrogens is 136 g/mol. The van der Waals surface area contributed by atoms with E-state index in [1.165, 1.54) is 30.7 Å². The standard InChI is InChI=1S/C8H20N.CHN/c1-5-9(6-2,7-3)8-4;1-2/h5-8H2,1-4H3;1H/q+1;. The van der Waals surface area contributed by atoms with Crippen LogP contribution in [0, 0.1) is 11.8 Å². The number of quaternary nitrogens is 1. The zero-order chi connectivity index (χ0) is 9.33. The van der Waals surface area contributed by atoms with Gasteiger partial charge in [-0.05, 0) is 27.7 Å². The second kappa shape index (κ2) is 7.56. The summed E-state index contributed by atoms with van der Waals surface area (Å²) >= 11 is 0. The lowest BCUT2D eigenvalue weighted by Gasteiger charge is -2.34. The number of hydrogen-bond acceptors (Lipinski definition) is 1. The monoisotopic (exact) mass is 157 g/mol. The molecule has 0 aromatic heterocycles. The molecule has 0 saturated heterocycles. The highest BCUT2D eigenvalue weighted by atomic mass is 15.3. The Labute approximate surface area is 71.0 Å². The smallest absolute Gasteiger partial charge is 0.0757 e. The SMILES string of the molecule is C#N.CC[N+](CC)(CC)CC. The molecule has 0 rings (SSSR count). The van der Waals surface area contributed by atoms with Crippen molar-refractivity contribution in [1.29, 1.82) is 5.26 Å². The lowest BCUT2D eigenvalue weighted by molar-refractivity contribution is -0.921. The minimum absolute atomic E-state index is 1.28. The van der Waals surface area contributed by atoms with E-state index in [0.717, 1.165) is 0 Å². The van der Waals surface area contributed by atoms with Gasteiger partial charge in [0.15, 0.2) is 0 Å². The first-order valence-electron chi connectivity index (χ1n) is 4.35. The fraction of sp³-hybridized carbons (Fsp3) is 0.889. The highest BCUT2D eigenvalue weighted by molar-refractivity contribution is 4.31. The van der Waals surface area contributed by atoms with E-state index in [-0.39, 0.29) is 0 Å². The Morgan fingerprint density at radius 3 is 1.00 bits per heavy atom. The molecule has 0 fully saturated rings. The molecule has 0 bridgehead atoms. The predicted molar refractivity (Wildman–Crippen MR) is 49.1 cm³/mol. The van der Waals surface area contributed by atoms with Crippen LogP contribution in [-0.4, -0.2) is 30.7 Å². The van der Waals surface area contributed by atoms with Crippen molar-refractivity contribution in [3.05, 3.63) is 0 Å². The maximum absolute atomic E-state index is 6.50. The van der Waals surface area contributed by atoms with Gasteiger partial charge in [-0.25, -0.2) is 5.26 Å². The highest BCUT2D eigenvalue weighted by Gasteiger charge is 2.16. The van der Waals surface area contributed by atoms with Crippen LogP contribution in [-0.2, 0) is 0 Å². The minimum atomic E-state index is 1.28. The van der Waals surface area contributed by atoms with Crippen LogP contribution in [0.3, 0.4) is 0 Å². The van der Waals surface area contributed by atoms with Gasteiger partial charge in [0.05, 0.1) is 26.2 Å². The second-order valence-electron chi connectivity index (χ2n) is 2.61. The van der Waals surface area contributed by atoms with Crippen LogP contribution in [0.1, 0.15) is 27.7 Å². The number of rotatable bonds is 4. The number of nitriles is 1. The van der Waals surface area contributed by atoms with E-state index in [1.54, 1.807) is 0 Å². The highest BCUT2D eigenvalue weighted by Crippen LogP contribution is 2.03. The molecule has 0 N–H and O–H groups in total. The lowest BCUT2D eigenvalue weighted by Crippen LogP contribution is -2.47. The fourth-order valence-corrected chi connectivity index (χ4v) is 1.34. The zero-order valence-electron chi connectivity index (χ0n) is 8.30. The van der Waals surface area contributed by atoms with Crippen molar-refractivity contribution in [3.8, 4) is 6.57 Å². The summed E-state index contributed by atoms with van der Waals surface area (Å²) < 4.78 is 1.28. The molecule has 0 amide bonds. The van der Waals surface area contributed by atoms with Crippen molar-refractivity contribution in [2.75, 3.05) is 26.2 Å². The molecule has 0 aliphatic carbocycles. The largest absolute Gasteiger partial charge is 0.325 e. The average molecular weight is 157 g/mol. The maximum atomic E-state index is 6.50. The van der Waals surface area contributed by atoms with Gasteiger partial charge in [0.2, 0.25) is 0 Å². The normalized spacial score (nSPS) is 10.0. The first-order valence-corrected chi connectivity index (χ1v) is 4.35. The summed E-state index contributed by atoms with van der Waals surface area (Å²) in [4.78, 5) is 0. The van der Waals surface area contributed by atoms with Crippen LogP contribution < -0.4 is 0 Å². The first-order chi connectivity index (χ1) is 5.24. The van der Waals surface area contributed by atoms with Crippen molar-refractivity contribution >= 4 is 0 Å². The molecule has 0 aliphatic rings. The van der Waals surface area contributed by atoms with Crippen molar-refractivity contribution < 1.29 is 4.48 Å². The van der Waals surface area contributed by atoms with E-state index in [1.807, 2.05) is 0 Å². The average Bonchev–Trinajstić information content (AvgIpc) is 2.13. The van der Waals surface area contributed by atoms with Crippen LogP contribution in [0.4, 0.5) is 0 Å². The molecule has 2 nitrogen and oxygen atoms in total. The van der Waals surface area contributed by atoms with E-state index in [4.69, 9.17) is 5.26 Å². The first kappa shape index (κ1) is 13.1. The molecule has 66 valence electrons. The van der Waals surface area contributed by atoms with Gasteiger partial charge in [0, 0.05) is 6.57 Å². The molecule has 0 atom stereocenters. The lowest BCUT2D eigenvalue weighted by atomic mass is 10.3. The van der Waals surface area contributed by atoms with Crippen LogP contribution in [0.5, 0.6) is 0 Å². The summed E-state index contributed by atoms with van der Waals surface area (Å²) in [6.45, 7) is 17.7. The summed E-state index contributed by atoms with van der Waals surface area (Å²) in [6.07, 6.45) is 0. The Morgan fingerprint density at radius 1 is 0.818 bits per heavy atom. The Bertz CT molecular complexity index is 75.5. The minimum Gasteiger partial charge on any atom is -0.325 e. The van der Waals surface area contributed by atoms with Crippen molar-refractivity contribution in [2.24, 2.45) is 0 Å². The van der Waals surface area contributed by atoms with Crippen molar-refractivity contribution in [3.63, 3.8) is 0 Å². The van der Waals surface area contributed by atoms with E-state index in [2.05, 4.69) is 34.3 Å². The molecule has 0 aromatic carbocycles. The summed E-state index contributed by atoms with van der Waals surface area (Å²) in [6, 6.07) is 0. The Hall–Kier alpha value is -0.550. The quantitative estimate of drug-likeness (QED) is 0.573. The van der Waals surface area contributed by atoms with Crippen LogP contribution in [0.15, 0.2) is 0 Å². The molecule has 0 aromatic rings. The summed E-state index contributed by atoms with van der Waals surface area (Å²) in [7, 11) is 0. The van der Waals surface area contributed by atoms with E-state index in [9.17, 15) is 0 Å². The fourth-order valence-electron chi connectivity index (χ4n) is 1.34. The van der Waals surface area contributed by atoms with Crippen molar-refractivity contribution in [1.82, 2.24) is 0 Å². The molecule has 0 radical (unpaired) electrons. The maximum Gasteiger partial charge on any atom is 0.0757 e. The van der Waals surface area contributed by atoms with Gasteiger partial charge in [-0.15, -0.1) is 0 Å². The third-order valence-corrected chi connectivity index (χ3v) is 2.68. The molecule has 0 spiro atoms. The van der Waals surface area contributed by atoms with Crippen LogP contribution in [0.25, 0.3) is 0 Å². The molecule has 0 heterocycles. The zero-order valence-corrected chi connectivity index (χ0v) is 8.30. The van der Waals surface area contributed by atoms with E-state index >= 15 is 0 Å². The Balaban J connectivity index is 0. The third-order valence-electron chi connectivity index (χ3n) is 2.68. The van der Waals surface area contributed by atoms with Crippen LogP contribution in [0.2, 0.25) is 0 Å². The molecule has 2 heteroatoms. The summed E-state index contributed by atoms with van der Waals surface area (Å²) in [5.41, 5.74) is 0. The Morgan fingerprint density at radius 2 is 1.00 bits per heavy atom. The van der Waals surface area contributed by atoms with Gasteiger partial charge in [-0.2, -0.15) is 0 Å². The molecule has 0 aliphatic heterocycles. The Kier molecular flexibility index (Phi) is 8.98. The van der Waals surface area contributed by atoms with Gasteiger partial charge >= 0.3 is 0 Å². The summed E-state index contributed by atoms with van der Waals surface area (Å²) in [5, 5.41) is 6.50. The van der Waals surface area contributed by atoms with E-state index in [0.29, 0.717) is 0 Å². The molecular formula is C9H21N2+. The van der Waals surface area contributed by atoms with Gasteiger partial charge in [-0.1, -0.05) is 0 Å². The van der Waals surface area contributed by atoms with Crippen molar-refractivity contribution in [2.45, 2.75) is 27.7 Å². The third kappa shape index (κ3) is 4.00. The van der Waals surface area contributed by atoms with Gasteiger partial charge in [0.1, 0.15) is 0 Å². The second-order valence-corrected chi connectivity index (χ2v) is 2.61. The molecule has 0 saturated carbocycles. The van der Waals surface area contributed by atoms with E-state index < -0.39 is 0 Å². The number of nitrogens with zero attached hydrogens (tertiary/aromatic N) is 2. The topological polar surface area (TPSA) is 23.8 Å². The van der Waals surface area contributed by atoms with Gasteiger partial charge < -0.3 is 4.48 Å². The molecule has 11 heavy (non-hydrogen) atoms. The van der Waals surface area contributed by atoms with Crippen LogP contribution >= 0.6 is 0 Å². The number of hydrogen-bond donors (Lipinski definition) is 0. The van der Waals surface area contributed by atoms with Gasteiger partial charge in [-0.3, -0.25) is 0 Å². The predicted octanol–water partition coefficient (Wildman–Crippen LogP) is 2.02. The summed E-state index contributed by atoms with van der Waals surface area (Å²) in [5.74, 6) is 0.